The Bertz CT molecular complexity index is 1040. The Hall–Kier alpha value is -3.30. The van der Waals surface area contributed by atoms with E-state index < -0.39 is 12.0 Å². The van der Waals surface area contributed by atoms with E-state index in [-0.39, 0.29) is 19.0 Å². The van der Waals surface area contributed by atoms with Crippen LogP contribution in [0.3, 0.4) is 0 Å². The number of ether oxygens (including phenoxy) is 4. The number of rotatable bonds is 8. The quantitative estimate of drug-likeness (QED) is 0.351. The molecule has 0 saturated carbocycles. The van der Waals surface area contributed by atoms with Gasteiger partial charge in [0.05, 0.1) is 38.1 Å². The molecule has 1 atom stereocenters. The van der Waals surface area contributed by atoms with Gasteiger partial charge in [-0.05, 0) is 49.0 Å². The third kappa shape index (κ3) is 4.63. The van der Waals surface area contributed by atoms with Crippen molar-refractivity contribution in [3.05, 3.63) is 59.3 Å². The fourth-order valence-electron chi connectivity index (χ4n) is 3.54. The van der Waals surface area contributed by atoms with Crippen LogP contribution in [-0.4, -0.2) is 50.7 Å². The topological polar surface area (TPSA) is 89.5 Å². The van der Waals surface area contributed by atoms with E-state index in [0.717, 1.165) is 0 Å². The number of methoxy groups -OCH3 is 3. The van der Waals surface area contributed by atoms with Gasteiger partial charge in [0.1, 0.15) is 12.4 Å². The van der Waals surface area contributed by atoms with E-state index in [1.165, 1.54) is 20.3 Å². The van der Waals surface area contributed by atoms with Crippen molar-refractivity contribution in [2.24, 2.45) is 0 Å². The molecule has 9 heteroatoms. The molecule has 170 valence electrons. The van der Waals surface area contributed by atoms with Crippen LogP contribution in [0.2, 0.25) is 0 Å². The van der Waals surface area contributed by atoms with E-state index in [9.17, 15) is 9.90 Å². The third-order valence-corrected chi connectivity index (χ3v) is 5.39. The molecule has 0 aliphatic carbocycles. The zero-order valence-electron chi connectivity index (χ0n) is 18.4. The number of allylic oxidation sites excluding steroid dienone is 1. The third-order valence-electron chi connectivity index (χ3n) is 5.09. The van der Waals surface area contributed by atoms with E-state index in [1.807, 2.05) is 24.3 Å². The maximum Gasteiger partial charge on any atom is 0.338 e. The predicted molar refractivity (Wildman–Crippen MR) is 124 cm³/mol. The van der Waals surface area contributed by atoms with E-state index in [1.54, 1.807) is 31.1 Å². The van der Waals surface area contributed by atoms with Crippen LogP contribution in [0.1, 0.15) is 18.5 Å². The Balaban J connectivity index is 2.12. The highest BCUT2D eigenvalue weighted by Crippen LogP contribution is 2.39. The minimum absolute atomic E-state index is 0.0466. The minimum Gasteiger partial charge on any atom is -0.504 e. The summed E-state index contributed by atoms with van der Waals surface area (Å²) in [7, 11) is 4.57. The fourth-order valence-corrected chi connectivity index (χ4v) is 3.90. The first-order valence-corrected chi connectivity index (χ1v) is 10.3. The number of hydrogen-bond acceptors (Lipinski definition) is 7. The zero-order valence-corrected chi connectivity index (χ0v) is 19.2. The molecule has 2 aromatic rings. The number of phenolic OH excluding ortho intramolecular Hbond substituents is 1. The molecule has 0 bridgehead atoms. The minimum atomic E-state index is -0.639. The van der Waals surface area contributed by atoms with Crippen molar-refractivity contribution in [2.45, 2.75) is 13.0 Å². The van der Waals surface area contributed by atoms with E-state index in [4.69, 9.17) is 31.2 Å². The summed E-state index contributed by atoms with van der Waals surface area (Å²) in [5.74, 6) is 0.362. The molecule has 1 aliphatic rings. The lowest BCUT2D eigenvalue weighted by Crippen LogP contribution is -2.48. The van der Waals surface area contributed by atoms with Crippen molar-refractivity contribution in [1.82, 2.24) is 5.32 Å². The van der Waals surface area contributed by atoms with Crippen LogP contribution in [0, 0.1) is 0 Å². The van der Waals surface area contributed by atoms with Crippen molar-refractivity contribution in [2.75, 3.05) is 39.4 Å². The summed E-state index contributed by atoms with van der Waals surface area (Å²) >= 11 is 5.66. The molecule has 32 heavy (non-hydrogen) atoms. The van der Waals surface area contributed by atoms with Crippen molar-refractivity contribution in [1.29, 1.82) is 0 Å². The summed E-state index contributed by atoms with van der Waals surface area (Å²) in [4.78, 5) is 14.9. The first-order valence-electron chi connectivity index (χ1n) is 9.90. The number of phenols is 1. The number of benzene rings is 2. The second-order valence-corrected chi connectivity index (χ2v) is 7.34. The molecule has 0 saturated heterocycles. The number of para-hydroxylation sites is 2. The van der Waals surface area contributed by atoms with Crippen LogP contribution < -0.4 is 19.7 Å². The lowest BCUT2D eigenvalue weighted by atomic mass is 9.94. The monoisotopic (exact) mass is 458 g/mol. The van der Waals surface area contributed by atoms with Crippen LogP contribution in [0.5, 0.6) is 17.2 Å². The number of esters is 1. The van der Waals surface area contributed by atoms with Crippen molar-refractivity contribution >= 4 is 29.0 Å². The lowest BCUT2D eigenvalue weighted by Gasteiger charge is -2.38. The van der Waals surface area contributed by atoms with Crippen molar-refractivity contribution < 1.29 is 28.8 Å². The SMILES string of the molecule is COCCOC(=O)C1=C(C)N(c2ccccc2OC)C(=S)NC1c1ccc(OC)c(O)c1. The van der Waals surface area contributed by atoms with Gasteiger partial charge in [-0.1, -0.05) is 18.2 Å². The van der Waals surface area contributed by atoms with E-state index in [2.05, 4.69) is 5.32 Å². The average molecular weight is 459 g/mol. The van der Waals surface area contributed by atoms with Crippen LogP contribution in [-0.2, 0) is 14.3 Å². The number of carbonyl (C=O) groups excluding carboxylic acids is 1. The van der Waals surface area contributed by atoms with Gasteiger partial charge < -0.3 is 29.4 Å². The van der Waals surface area contributed by atoms with Gasteiger partial charge in [-0.3, -0.25) is 4.90 Å². The van der Waals surface area contributed by atoms with Gasteiger partial charge >= 0.3 is 5.97 Å². The number of aromatic hydroxyl groups is 1. The number of nitrogens with one attached hydrogen (secondary N) is 1. The van der Waals surface area contributed by atoms with Gasteiger partial charge in [0.2, 0.25) is 0 Å². The Labute approximate surface area is 192 Å². The molecule has 8 nitrogen and oxygen atoms in total. The molecule has 3 rings (SSSR count). The Morgan fingerprint density at radius 1 is 1.09 bits per heavy atom. The van der Waals surface area contributed by atoms with Gasteiger partial charge in [-0.25, -0.2) is 4.79 Å². The highest BCUT2D eigenvalue weighted by molar-refractivity contribution is 7.80. The highest BCUT2D eigenvalue weighted by Gasteiger charge is 2.36. The number of hydrogen-bond donors (Lipinski definition) is 2. The first-order chi connectivity index (χ1) is 15.4. The average Bonchev–Trinajstić information content (AvgIpc) is 2.79. The first kappa shape index (κ1) is 23.4. The number of nitrogens with zero attached hydrogens (tertiary/aromatic N) is 1. The number of anilines is 1. The summed E-state index contributed by atoms with van der Waals surface area (Å²) in [6, 6.07) is 11.7. The largest absolute Gasteiger partial charge is 0.504 e. The lowest BCUT2D eigenvalue weighted by molar-refractivity contribution is -0.140. The molecule has 0 fully saturated rings. The van der Waals surface area contributed by atoms with Crippen LogP contribution in [0.15, 0.2) is 53.7 Å². The smallest absolute Gasteiger partial charge is 0.338 e. The molecular formula is C23H26N2O6S. The molecule has 0 amide bonds. The van der Waals surface area contributed by atoms with Gasteiger partial charge in [-0.2, -0.15) is 0 Å². The summed E-state index contributed by atoms with van der Waals surface area (Å²) in [5, 5.41) is 13.9. The molecule has 2 N–H and O–H groups in total. The maximum atomic E-state index is 13.1. The van der Waals surface area contributed by atoms with Crippen molar-refractivity contribution in [3.8, 4) is 17.2 Å². The second kappa shape index (κ2) is 10.3. The Morgan fingerprint density at radius 2 is 1.81 bits per heavy atom. The maximum absolute atomic E-state index is 13.1. The molecule has 0 spiro atoms. The summed E-state index contributed by atoms with van der Waals surface area (Å²) < 4.78 is 21.1. The highest BCUT2D eigenvalue weighted by atomic mass is 32.1. The van der Waals surface area contributed by atoms with Gasteiger partial charge in [0, 0.05) is 12.8 Å². The molecule has 0 aromatic heterocycles. The van der Waals surface area contributed by atoms with Gasteiger partial charge in [-0.15, -0.1) is 0 Å². The van der Waals surface area contributed by atoms with Crippen molar-refractivity contribution in [3.63, 3.8) is 0 Å². The molecule has 2 aromatic carbocycles. The molecule has 1 heterocycles. The Kier molecular flexibility index (Phi) is 7.55. The molecule has 1 unspecified atom stereocenters. The number of carbonyl (C=O) groups is 1. The van der Waals surface area contributed by atoms with E-state index >= 15 is 0 Å². The summed E-state index contributed by atoms with van der Waals surface area (Å²) in [6.45, 7) is 2.17. The molecule has 1 aliphatic heterocycles. The predicted octanol–water partition coefficient (Wildman–Crippen LogP) is 3.31. The number of thiocarbonyl (C=S) groups is 1. The zero-order chi connectivity index (χ0) is 23.3. The summed E-state index contributed by atoms with van der Waals surface area (Å²) in [6.07, 6.45) is 0. The van der Waals surface area contributed by atoms with Crippen LogP contribution in [0.4, 0.5) is 5.69 Å². The van der Waals surface area contributed by atoms with Gasteiger partial charge in [0.25, 0.3) is 0 Å². The Morgan fingerprint density at radius 3 is 2.47 bits per heavy atom. The van der Waals surface area contributed by atoms with E-state index in [0.29, 0.717) is 39.1 Å². The summed E-state index contributed by atoms with van der Waals surface area (Å²) in [5.41, 5.74) is 2.25. The van der Waals surface area contributed by atoms with Crippen LogP contribution in [0.25, 0.3) is 0 Å². The molecular weight excluding hydrogens is 432 g/mol. The second-order valence-electron chi connectivity index (χ2n) is 6.95. The van der Waals surface area contributed by atoms with Gasteiger partial charge in [0.15, 0.2) is 16.6 Å². The van der Waals surface area contributed by atoms with Crippen LogP contribution >= 0.6 is 12.2 Å². The fraction of sp³-hybridized carbons (Fsp3) is 0.304. The standard InChI is InChI=1S/C23H26N2O6S/c1-14-20(22(27)31-12-11-28-2)21(15-9-10-19(30-4)17(26)13-15)24-23(32)25(14)16-7-5-6-8-18(16)29-3/h5-10,13,21,26H,11-12H2,1-4H3,(H,24,32). The normalized spacial score (nSPS) is 15.9. The molecule has 0 radical (unpaired) electrons.